The van der Waals surface area contributed by atoms with Crippen LogP contribution in [0.15, 0.2) is 0 Å². The van der Waals surface area contributed by atoms with Crippen LogP contribution in [-0.4, -0.2) is 70.0 Å². The van der Waals surface area contributed by atoms with E-state index in [2.05, 4.69) is 17.6 Å². The van der Waals surface area contributed by atoms with Gasteiger partial charge >= 0.3 is 0 Å². The molecule has 2 bridgehead atoms. The molecular formula is C20H33N3O4S. The van der Waals surface area contributed by atoms with E-state index in [4.69, 9.17) is 5.11 Å². The van der Waals surface area contributed by atoms with E-state index in [1.165, 1.54) is 0 Å². The maximum absolute atomic E-state index is 13.5. The molecule has 0 aromatic heterocycles. The highest BCUT2D eigenvalue weighted by Gasteiger charge is 2.75. The molecule has 3 saturated heterocycles. The minimum absolute atomic E-state index is 0.0112. The van der Waals surface area contributed by atoms with Crippen LogP contribution in [0.5, 0.6) is 0 Å². The maximum Gasteiger partial charge on any atom is 0.244 e. The van der Waals surface area contributed by atoms with Gasteiger partial charge in [0.25, 0.3) is 0 Å². The Morgan fingerprint density at radius 3 is 2.61 bits per heavy atom. The van der Waals surface area contributed by atoms with Crippen molar-refractivity contribution in [3.8, 4) is 0 Å². The normalized spacial score (nSPS) is 36.1. The number of nitrogens with one attached hydrogen (secondary N) is 2. The number of unbranched alkanes of at least 4 members (excludes halogenated alkanes) is 2. The van der Waals surface area contributed by atoms with Crippen LogP contribution in [0, 0.1) is 17.8 Å². The lowest BCUT2D eigenvalue weighted by atomic mass is 9.66. The van der Waals surface area contributed by atoms with Gasteiger partial charge in [-0.1, -0.05) is 6.92 Å². The highest BCUT2D eigenvalue weighted by molar-refractivity contribution is 8.02. The number of amides is 3. The molecule has 0 radical (unpaired) electrons. The Morgan fingerprint density at radius 2 is 2.00 bits per heavy atom. The summed E-state index contributed by atoms with van der Waals surface area (Å²) in [6.07, 6.45) is 3.10. The number of nitrogens with zero attached hydrogens (tertiary/aromatic N) is 1. The van der Waals surface area contributed by atoms with Crippen LogP contribution in [0.3, 0.4) is 0 Å². The Balaban J connectivity index is 1.96. The minimum atomic E-state index is -0.541. The number of fused-ring (bicyclic) bond motifs is 1. The van der Waals surface area contributed by atoms with Crippen LogP contribution in [0.2, 0.25) is 0 Å². The predicted molar refractivity (Wildman–Crippen MR) is 109 cm³/mol. The molecule has 3 rings (SSSR count). The van der Waals surface area contributed by atoms with E-state index < -0.39 is 16.7 Å². The predicted octanol–water partition coefficient (Wildman–Crippen LogP) is 0.757. The van der Waals surface area contributed by atoms with Crippen molar-refractivity contribution >= 4 is 29.5 Å². The Kier molecular flexibility index (Phi) is 6.29. The molecule has 7 nitrogen and oxygen atoms in total. The molecular weight excluding hydrogens is 378 g/mol. The molecule has 3 heterocycles. The summed E-state index contributed by atoms with van der Waals surface area (Å²) in [6, 6.07) is -0.552. The number of carbonyl (C=O) groups excluding carboxylic acids is 3. The van der Waals surface area contributed by atoms with Gasteiger partial charge in [-0.25, -0.2) is 0 Å². The van der Waals surface area contributed by atoms with Gasteiger partial charge < -0.3 is 20.6 Å². The maximum atomic E-state index is 13.5. The van der Waals surface area contributed by atoms with E-state index in [1.807, 2.05) is 13.8 Å². The molecule has 0 aliphatic carbocycles. The van der Waals surface area contributed by atoms with E-state index in [0.29, 0.717) is 13.0 Å². The molecule has 0 aromatic rings. The molecule has 0 saturated carbocycles. The summed E-state index contributed by atoms with van der Waals surface area (Å²) in [5.41, 5.74) is 0. The molecule has 1 spiro atoms. The summed E-state index contributed by atoms with van der Waals surface area (Å²) in [7, 11) is 1.62. The molecule has 3 N–H and O–H groups in total. The van der Waals surface area contributed by atoms with Crippen LogP contribution < -0.4 is 10.6 Å². The van der Waals surface area contributed by atoms with Gasteiger partial charge in [-0.05, 0) is 45.4 Å². The van der Waals surface area contributed by atoms with E-state index in [-0.39, 0.29) is 47.5 Å². The lowest BCUT2D eigenvalue weighted by Crippen LogP contribution is -2.57. The first-order valence-electron chi connectivity index (χ1n) is 10.4. The van der Waals surface area contributed by atoms with Gasteiger partial charge in [0.15, 0.2) is 0 Å². The summed E-state index contributed by atoms with van der Waals surface area (Å²) in [4.78, 5) is 41.1. The lowest BCUT2D eigenvalue weighted by Gasteiger charge is -2.38. The largest absolute Gasteiger partial charge is 0.396 e. The number of rotatable bonds is 8. The number of aliphatic hydroxyl groups excluding tert-OH is 1. The van der Waals surface area contributed by atoms with Crippen molar-refractivity contribution in [2.75, 3.05) is 20.2 Å². The Bertz CT molecular complexity index is 643. The molecule has 3 aliphatic rings. The molecule has 8 heteroatoms. The summed E-state index contributed by atoms with van der Waals surface area (Å²) < 4.78 is -0.533. The number of thioether (sulfide) groups is 1. The van der Waals surface area contributed by atoms with Crippen LogP contribution >= 0.6 is 11.8 Å². The average Bonchev–Trinajstić information content (AvgIpc) is 3.21. The molecule has 28 heavy (non-hydrogen) atoms. The van der Waals surface area contributed by atoms with Crippen LogP contribution in [-0.2, 0) is 14.4 Å². The Labute approximate surface area is 171 Å². The zero-order valence-corrected chi connectivity index (χ0v) is 18.1. The van der Waals surface area contributed by atoms with Crippen molar-refractivity contribution in [1.29, 1.82) is 0 Å². The number of aliphatic hydroxyl groups is 1. The topological polar surface area (TPSA) is 98.7 Å². The summed E-state index contributed by atoms with van der Waals surface area (Å²) in [5, 5.41) is 14.9. The fraction of sp³-hybridized carbons (Fsp3) is 0.850. The number of likely N-dealkylation sites (tertiary alicyclic amines) is 1. The van der Waals surface area contributed by atoms with Gasteiger partial charge in [-0.3, -0.25) is 14.4 Å². The summed E-state index contributed by atoms with van der Waals surface area (Å²) in [5.74, 6) is -0.853. The molecule has 3 aliphatic heterocycles. The SMILES string of the molecule is CNC(=O)[C@@H]1[C@H]2C(=O)N(CCCCCO)C(C(=O)NC(C)C)C23S[C@@H]1CC3C. The number of hydrogen-bond acceptors (Lipinski definition) is 5. The molecule has 6 atom stereocenters. The molecule has 0 aromatic carbocycles. The van der Waals surface area contributed by atoms with E-state index in [9.17, 15) is 14.4 Å². The fourth-order valence-corrected chi connectivity index (χ4v) is 7.88. The molecule has 3 unspecified atom stereocenters. The zero-order valence-electron chi connectivity index (χ0n) is 17.2. The van der Waals surface area contributed by atoms with Gasteiger partial charge in [0.05, 0.1) is 16.6 Å². The van der Waals surface area contributed by atoms with Crippen LogP contribution in [0.4, 0.5) is 0 Å². The van der Waals surface area contributed by atoms with Crippen molar-refractivity contribution in [3.05, 3.63) is 0 Å². The molecule has 3 fully saturated rings. The molecule has 158 valence electrons. The van der Waals surface area contributed by atoms with Gasteiger partial charge in [-0.2, -0.15) is 0 Å². The number of carbonyl (C=O) groups is 3. The lowest BCUT2D eigenvalue weighted by molar-refractivity contribution is -0.140. The fourth-order valence-electron chi connectivity index (χ4n) is 5.46. The van der Waals surface area contributed by atoms with Gasteiger partial charge in [0.1, 0.15) is 6.04 Å². The van der Waals surface area contributed by atoms with Gasteiger partial charge in [0, 0.05) is 31.5 Å². The summed E-state index contributed by atoms with van der Waals surface area (Å²) in [6.45, 7) is 6.59. The van der Waals surface area contributed by atoms with Gasteiger partial charge in [0.2, 0.25) is 17.7 Å². The zero-order chi connectivity index (χ0) is 20.6. The monoisotopic (exact) mass is 411 g/mol. The molecule has 3 amide bonds. The van der Waals surface area contributed by atoms with Crippen LogP contribution in [0.25, 0.3) is 0 Å². The van der Waals surface area contributed by atoms with Crippen LogP contribution in [0.1, 0.15) is 46.5 Å². The Morgan fingerprint density at radius 1 is 1.29 bits per heavy atom. The van der Waals surface area contributed by atoms with Crippen molar-refractivity contribution in [2.45, 2.75) is 68.5 Å². The van der Waals surface area contributed by atoms with E-state index in [0.717, 1.165) is 19.3 Å². The third-order valence-corrected chi connectivity index (χ3v) is 8.61. The summed E-state index contributed by atoms with van der Waals surface area (Å²) >= 11 is 1.70. The second-order valence-electron chi connectivity index (χ2n) is 8.65. The van der Waals surface area contributed by atoms with Crippen molar-refractivity contribution in [2.24, 2.45) is 17.8 Å². The van der Waals surface area contributed by atoms with Crippen molar-refractivity contribution in [3.63, 3.8) is 0 Å². The Hall–Kier alpha value is -1.28. The average molecular weight is 412 g/mol. The van der Waals surface area contributed by atoms with E-state index in [1.54, 1.807) is 23.7 Å². The first-order valence-corrected chi connectivity index (χ1v) is 11.3. The van der Waals surface area contributed by atoms with E-state index >= 15 is 0 Å². The minimum Gasteiger partial charge on any atom is -0.396 e. The highest BCUT2D eigenvalue weighted by Crippen LogP contribution is 2.68. The van der Waals surface area contributed by atoms with Crippen molar-refractivity contribution in [1.82, 2.24) is 15.5 Å². The van der Waals surface area contributed by atoms with Crippen molar-refractivity contribution < 1.29 is 19.5 Å². The third kappa shape index (κ3) is 3.22. The standard InChI is InChI=1S/C20H33N3O4S/c1-11(2)22-18(26)16-20-12(3)10-13(28-20)14(17(25)21-4)15(20)19(27)23(16)8-6-5-7-9-24/h11-16,24H,5-10H2,1-4H3,(H,21,25)(H,22,26)/t12?,13-,14+,15+,16?,20?/m1/s1. The third-order valence-electron chi connectivity index (χ3n) is 6.53. The first-order chi connectivity index (χ1) is 13.3. The second-order valence-corrected chi connectivity index (χ2v) is 10.2. The second kappa shape index (κ2) is 8.22. The first kappa shape index (κ1) is 21.4. The van der Waals surface area contributed by atoms with Gasteiger partial charge in [-0.15, -0.1) is 11.8 Å². The number of hydrogen-bond donors (Lipinski definition) is 3. The quantitative estimate of drug-likeness (QED) is 0.512. The smallest absolute Gasteiger partial charge is 0.244 e. The highest BCUT2D eigenvalue weighted by atomic mass is 32.2.